The molecule has 2 unspecified atom stereocenters. The first-order valence-corrected chi connectivity index (χ1v) is 6.04. The van der Waals surface area contributed by atoms with Crippen LogP contribution in [-0.2, 0) is 0 Å². The maximum absolute atomic E-state index is 9.75. The van der Waals surface area contributed by atoms with Crippen molar-refractivity contribution in [3.05, 3.63) is 42.5 Å². The average molecular weight is 272 g/mol. The van der Waals surface area contributed by atoms with Gasteiger partial charge in [-0.2, -0.15) is 0 Å². The summed E-state index contributed by atoms with van der Waals surface area (Å²) in [6.45, 7) is 0. The van der Waals surface area contributed by atoms with E-state index in [4.69, 9.17) is 0 Å². The van der Waals surface area contributed by atoms with Crippen LogP contribution in [0.4, 0.5) is 23.0 Å². The van der Waals surface area contributed by atoms with Crippen LogP contribution in [-0.4, -0.2) is 24.0 Å². The molecular formula is C12H13BF4N2. The molecule has 0 saturated heterocycles. The Morgan fingerprint density at radius 3 is 2.05 bits per heavy atom. The molecule has 0 N–H and O–H groups in total. The highest BCUT2D eigenvalue weighted by Gasteiger charge is 2.33. The Balaban J connectivity index is 0.000000232. The predicted molar refractivity (Wildman–Crippen MR) is 64.9 cm³/mol. The zero-order chi connectivity index (χ0) is 13.9. The fourth-order valence-electron chi connectivity index (χ4n) is 2.17. The lowest BCUT2D eigenvalue weighted by atomic mass is 9.96. The van der Waals surface area contributed by atoms with E-state index in [1.165, 1.54) is 18.5 Å². The van der Waals surface area contributed by atoms with E-state index >= 15 is 0 Å². The molecule has 102 valence electrons. The van der Waals surface area contributed by atoms with Crippen molar-refractivity contribution in [1.82, 2.24) is 0 Å². The van der Waals surface area contributed by atoms with Crippen molar-refractivity contribution >= 4 is 12.9 Å². The van der Waals surface area contributed by atoms with Gasteiger partial charge in [0.1, 0.15) is 6.04 Å². The van der Waals surface area contributed by atoms with Crippen molar-refractivity contribution in [1.29, 1.82) is 0 Å². The topological polar surface area (TPSA) is 15.4 Å². The van der Waals surface area contributed by atoms with Crippen molar-refractivity contribution in [2.24, 2.45) is 5.11 Å². The summed E-state index contributed by atoms with van der Waals surface area (Å²) in [6.07, 6.45) is 6.96. The minimum Gasteiger partial charge on any atom is -0.418 e. The van der Waals surface area contributed by atoms with Crippen LogP contribution >= 0.6 is 0 Å². The van der Waals surface area contributed by atoms with Crippen LogP contribution < -0.4 is 0 Å². The standard InChI is InChI=1S/C12H13N2.BF4/c1-2-4-11(5-3-1)14-12-8-6-10(13-14)7-9-12;2-1(3,4)5/h1-6,8,10,12H,7,9H2;/q+1;-1. The third kappa shape index (κ3) is 4.19. The van der Waals surface area contributed by atoms with Gasteiger partial charge in [0.05, 0.1) is 0 Å². The minimum atomic E-state index is -6.00. The van der Waals surface area contributed by atoms with Gasteiger partial charge in [-0.05, 0) is 17.6 Å². The number of para-hydroxylation sites is 1. The molecule has 0 spiro atoms. The highest BCUT2D eigenvalue weighted by Crippen LogP contribution is 2.28. The lowest BCUT2D eigenvalue weighted by Gasteiger charge is -2.22. The van der Waals surface area contributed by atoms with Gasteiger partial charge in [-0.15, -0.1) is 0 Å². The molecule has 2 heterocycles. The Morgan fingerprint density at radius 2 is 1.63 bits per heavy atom. The van der Waals surface area contributed by atoms with E-state index in [9.17, 15) is 17.3 Å². The summed E-state index contributed by atoms with van der Waals surface area (Å²) in [5, 5.41) is 4.67. The largest absolute Gasteiger partial charge is 0.673 e. The molecule has 0 radical (unpaired) electrons. The molecule has 0 fully saturated rings. The summed E-state index contributed by atoms with van der Waals surface area (Å²) in [6, 6.07) is 11.3. The molecular weight excluding hydrogens is 259 g/mol. The summed E-state index contributed by atoms with van der Waals surface area (Å²) in [4.78, 5) is 0. The number of azo groups is 2. The maximum Gasteiger partial charge on any atom is 0.673 e. The van der Waals surface area contributed by atoms with Gasteiger partial charge in [0.15, 0.2) is 0 Å². The smallest absolute Gasteiger partial charge is 0.418 e. The number of fused-ring (bicyclic) bond motifs is 1. The van der Waals surface area contributed by atoms with Gasteiger partial charge in [-0.3, -0.25) is 0 Å². The van der Waals surface area contributed by atoms with E-state index in [0.29, 0.717) is 12.1 Å². The Kier molecular flexibility index (Phi) is 4.02. The number of rotatable bonds is 1. The van der Waals surface area contributed by atoms with Crippen molar-refractivity contribution in [3.8, 4) is 0 Å². The molecule has 0 amide bonds. The maximum atomic E-state index is 9.75. The molecule has 19 heavy (non-hydrogen) atoms. The van der Waals surface area contributed by atoms with E-state index in [2.05, 4.69) is 46.2 Å². The molecule has 0 saturated carbocycles. The Labute approximate surface area is 108 Å². The Morgan fingerprint density at radius 1 is 1.00 bits per heavy atom. The number of nitrogens with zero attached hydrogens (tertiary/aromatic N) is 2. The number of benzene rings is 1. The summed E-state index contributed by atoms with van der Waals surface area (Å²) < 4.78 is 41.2. The zero-order valence-electron chi connectivity index (χ0n) is 10.1. The van der Waals surface area contributed by atoms with Crippen molar-refractivity contribution in [3.63, 3.8) is 0 Å². The summed E-state index contributed by atoms with van der Waals surface area (Å²) in [7, 11) is -6.00. The molecule has 3 aliphatic rings. The van der Waals surface area contributed by atoms with Gasteiger partial charge in [0.2, 0.25) is 11.7 Å². The Hall–Kier alpha value is -1.66. The second-order valence-electron chi connectivity index (χ2n) is 4.39. The van der Waals surface area contributed by atoms with Gasteiger partial charge in [0.25, 0.3) is 0 Å². The number of halogens is 4. The quantitative estimate of drug-likeness (QED) is 0.315. The normalized spacial score (nSPS) is 24.5. The lowest BCUT2D eigenvalue weighted by molar-refractivity contribution is -0.554. The minimum absolute atomic E-state index is 0.417. The van der Waals surface area contributed by atoms with E-state index in [1.807, 2.05) is 6.07 Å². The van der Waals surface area contributed by atoms with Gasteiger partial charge >= 0.3 is 7.25 Å². The molecule has 1 aromatic carbocycles. The summed E-state index contributed by atoms with van der Waals surface area (Å²) >= 11 is 0. The fourth-order valence-corrected chi connectivity index (χ4v) is 2.17. The molecule has 2 atom stereocenters. The monoisotopic (exact) mass is 272 g/mol. The van der Waals surface area contributed by atoms with Crippen LogP contribution in [0.25, 0.3) is 0 Å². The van der Waals surface area contributed by atoms with Crippen molar-refractivity contribution < 1.29 is 22.0 Å². The first-order chi connectivity index (χ1) is 8.93. The first-order valence-electron chi connectivity index (χ1n) is 6.04. The van der Waals surface area contributed by atoms with E-state index in [-0.39, 0.29) is 0 Å². The summed E-state index contributed by atoms with van der Waals surface area (Å²) in [5.74, 6) is 0. The highest BCUT2D eigenvalue weighted by atomic mass is 19.5. The lowest BCUT2D eigenvalue weighted by Crippen LogP contribution is -2.31. The zero-order valence-corrected chi connectivity index (χ0v) is 10.1. The van der Waals surface area contributed by atoms with E-state index < -0.39 is 7.25 Å². The van der Waals surface area contributed by atoms with Crippen LogP contribution in [0.1, 0.15) is 12.8 Å². The van der Waals surface area contributed by atoms with Crippen LogP contribution in [0.5, 0.6) is 0 Å². The van der Waals surface area contributed by atoms with Gasteiger partial charge < -0.3 is 17.3 Å². The molecule has 1 aliphatic carbocycles. The predicted octanol–water partition coefficient (Wildman–Crippen LogP) is 4.18. The van der Waals surface area contributed by atoms with Crippen LogP contribution in [0.3, 0.4) is 0 Å². The molecule has 1 aromatic rings. The van der Waals surface area contributed by atoms with Crippen molar-refractivity contribution in [2.45, 2.75) is 24.9 Å². The average Bonchev–Trinajstić information content (AvgIpc) is 2.39. The third-order valence-electron chi connectivity index (χ3n) is 2.92. The second kappa shape index (κ2) is 5.55. The molecule has 2 bridgehead atoms. The van der Waals surface area contributed by atoms with Gasteiger partial charge in [-0.25, -0.2) is 0 Å². The molecule has 2 aliphatic heterocycles. The molecule has 2 nitrogen and oxygen atoms in total. The van der Waals surface area contributed by atoms with Crippen LogP contribution in [0.15, 0.2) is 47.6 Å². The Bertz CT molecular complexity index is 478. The fraction of sp³-hybridized carbons (Fsp3) is 0.333. The number of hydrogen-bond acceptors (Lipinski definition) is 1. The second-order valence-corrected chi connectivity index (χ2v) is 4.39. The number of hydrogen-bond donors (Lipinski definition) is 0. The molecule has 7 heteroatoms. The van der Waals surface area contributed by atoms with Crippen LogP contribution in [0.2, 0.25) is 0 Å². The summed E-state index contributed by atoms with van der Waals surface area (Å²) in [5.41, 5.74) is 1.21. The van der Waals surface area contributed by atoms with Gasteiger partial charge in [0, 0.05) is 18.6 Å². The van der Waals surface area contributed by atoms with Crippen LogP contribution in [0, 0.1) is 0 Å². The highest BCUT2D eigenvalue weighted by molar-refractivity contribution is 6.50. The van der Waals surface area contributed by atoms with Crippen molar-refractivity contribution in [2.75, 3.05) is 0 Å². The SMILES string of the molecule is C1=CC2CCC1N=[N+]2c1ccccc1.F[B-](F)(F)F. The van der Waals surface area contributed by atoms with E-state index in [0.717, 1.165) is 0 Å². The molecule has 4 rings (SSSR count). The first kappa shape index (κ1) is 13.8. The third-order valence-corrected chi connectivity index (χ3v) is 2.92. The molecule has 0 aromatic heterocycles. The van der Waals surface area contributed by atoms with Gasteiger partial charge in [-0.1, -0.05) is 29.0 Å². The van der Waals surface area contributed by atoms with E-state index in [1.54, 1.807) is 0 Å².